The Labute approximate surface area is 223 Å². The summed E-state index contributed by atoms with van der Waals surface area (Å²) in [4.78, 5) is 17.1. The summed E-state index contributed by atoms with van der Waals surface area (Å²) in [5.41, 5.74) is 4.75. The van der Waals surface area contributed by atoms with Crippen molar-refractivity contribution in [1.29, 1.82) is 0 Å². The number of rotatable bonds is 17. The molecule has 0 unspecified atom stereocenters. The van der Waals surface area contributed by atoms with Gasteiger partial charge in [0.1, 0.15) is 5.75 Å². The quantitative estimate of drug-likeness (QED) is 0.105. The number of ether oxygens (including phenoxy) is 2. The maximum absolute atomic E-state index is 12.5. The minimum atomic E-state index is -0.343. The summed E-state index contributed by atoms with van der Waals surface area (Å²) in [6.07, 6.45) is 15.7. The molecule has 0 saturated heterocycles. The molecule has 0 saturated carbocycles. The van der Waals surface area contributed by atoms with Crippen LogP contribution in [0.4, 0.5) is 0 Å². The Hall–Kier alpha value is -2.98. The lowest BCUT2D eigenvalue weighted by Gasteiger charge is -2.08. The van der Waals surface area contributed by atoms with Crippen molar-refractivity contribution in [2.24, 2.45) is 0 Å². The summed E-state index contributed by atoms with van der Waals surface area (Å²) in [6, 6.07) is 19.2. The van der Waals surface area contributed by atoms with Gasteiger partial charge in [-0.15, -0.1) is 0 Å². The van der Waals surface area contributed by atoms with Gasteiger partial charge in [-0.1, -0.05) is 83.4 Å². The van der Waals surface area contributed by atoms with Crippen LogP contribution in [0, 0.1) is 0 Å². The molecule has 0 bridgehead atoms. The Bertz CT molecular complexity index is 1030. The third-order valence-electron chi connectivity index (χ3n) is 6.60. The second kappa shape index (κ2) is 16.7. The molecule has 0 atom stereocenters. The smallest absolute Gasteiger partial charge is 0.343 e. The Morgan fingerprint density at radius 1 is 0.703 bits per heavy atom. The molecule has 0 aliphatic rings. The molecule has 2 aromatic carbocycles. The topological polar surface area (TPSA) is 48.4 Å². The number of pyridine rings is 1. The molecule has 3 rings (SSSR count). The average molecular weight is 502 g/mol. The predicted octanol–water partition coefficient (Wildman–Crippen LogP) is 8.97. The van der Waals surface area contributed by atoms with Crippen molar-refractivity contribution in [3.63, 3.8) is 0 Å². The number of unbranched alkanes of at least 4 members (excludes halogenated alkanes) is 8. The Morgan fingerprint density at radius 2 is 1.35 bits per heavy atom. The SMILES string of the molecule is CCCCCCCCCCOCc1ccc(-c2ccc(OC(=O)c3ccc(CCCC)cc3)cc2)nc1. The molecule has 0 aliphatic heterocycles. The van der Waals surface area contributed by atoms with E-state index in [0.717, 1.165) is 49.1 Å². The van der Waals surface area contributed by atoms with Crippen molar-refractivity contribution < 1.29 is 14.3 Å². The number of aromatic nitrogens is 1. The Kier molecular flexibility index (Phi) is 12.9. The van der Waals surface area contributed by atoms with Gasteiger partial charge in [0.05, 0.1) is 17.9 Å². The van der Waals surface area contributed by atoms with Crippen LogP contribution in [0.25, 0.3) is 11.3 Å². The van der Waals surface area contributed by atoms with E-state index in [1.807, 2.05) is 60.8 Å². The van der Waals surface area contributed by atoms with E-state index in [0.29, 0.717) is 17.9 Å². The van der Waals surface area contributed by atoms with E-state index >= 15 is 0 Å². The van der Waals surface area contributed by atoms with Gasteiger partial charge in [-0.2, -0.15) is 0 Å². The molecule has 37 heavy (non-hydrogen) atoms. The highest BCUT2D eigenvalue weighted by Crippen LogP contribution is 2.22. The van der Waals surface area contributed by atoms with E-state index in [-0.39, 0.29) is 5.97 Å². The summed E-state index contributed by atoms with van der Waals surface area (Å²) >= 11 is 0. The first-order valence-electron chi connectivity index (χ1n) is 14.1. The fourth-order valence-corrected chi connectivity index (χ4v) is 4.26. The maximum atomic E-state index is 12.5. The highest BCUT2D eigenvalue weighted by molar-refractivity contribution is 5.91. The average Bonchev–Trinajstić information content (AvgIpc) is 2.94. The number of nitrogens with zero attached hydrogens (tertiary/aromatic N) is 1. The molecule has 1 heterocycles. The molecule has 0 fully saturated rings. The van der Waals surface area contributed by atoms with Crippen LogP contribution in [0.15, 0.2) is 66.9 Å². The first kappa shape index (κ1) is 28.6. The van der Waals surface area contributed by atoms with E-state index in [9.17, 15) is 4.79 Å². The number of carbonyl (C=O) groups excluding carboxylic acids is 1. The molecule has 0 spiro atoms. The van der Waals surface area contributed by atoms with E-state index in [1.165, 1.54) is 50.5 Å². The molecule has 4 heteroatoms. The maximum Gasteiger partial charge on any atom is 0.343 e. The summed E-state index contributed by atoms with van der Waals surface area (Å²) in [7, 11) is 0. The van der Waals surface area contributed by atoms with Crippen LogP contribution in [-0.2, 0) is 17.8 Å². The highest BCUT2D eigenvalue weighted by Gasteiger charge is 2.09. The van der Waals surface area contributed by atoms with Crippen LogP contribution in [0.3, 0.4) is 0 Å². The number of hydrogen-bond donors (Lipinski definition) is 0. The monoisotopic (exact) mass is 501 g/mol. The zero-order valence-electron chi connectivity index (χ0n) is 22.7. The minimum absolute atomic E-state index is 0.343. The fourth-order valence-electron chi connectivity index (χ4n) is 4.26. The first-order chi connectivity index (χ1) is 18.2. The van der Waals surface area contributed by atoms with E-state index < -0.39 is 0 Å². The van der Waals surface area contributed by atoms with Gasteiger partial charge in [-0.3, -0.25) is 4.98 Å². The third-order valence-corrected chi connectivity index (χ3v) is 6.60. The van der Waals surface area contributed by atoms with Gasteiger partial charge in [0.15, 0.2) is 0 Å². The summed E-state index contributed by atoms with van der Waals surface area (Å²) < 4.78 is 11.4. The van der Waals surface area contributed by atoms with E-state index in [1.54, 1.807) is 0 Å². The summed E-state index contributed by atoms with van der Waals surface area (Å²) in [5.74, 6) is 0.180. The highest BCUT2D eigenvalue weighted by atomic mass is 16.5. The lowest BCUT2D eigenvalue weighted by Crippen LogP contribution is -2.08. The van der Waals surface area contributed by atoms with Crippen LogP contribution in [0.2, 0.25) is 0 Å². The largest absolute Gasteiger partial charge is 0.423 e. The summed E-state index contributed by atoms with van der Waals surface area (Å²) in [5, 5.41) is 0. The minimum Gasteiger partial charge on any atom is -0.423 e. The molecular weight excluding hydrogens is 458 g/mol. The molecule has 0 amide bonds. The first-order valence-corrected chi connectivity index (χ1v) is 14.1. The van der Waals surface area contributed by atoms with Gasteiger partial charge in [0, 0.05) is 18.4 Å². The second-order valence-electron chi connectivity index (χ2n) is 9.79. The third kappa shape index (κ3) is 10.5. The van der Waals surface area contributed by atoms with Crippen molar-refractivity contribution in [2.45, 2.75) is 91.1 Å². The van der Waals surface area contributed by atoms with E-state index in [2.05, 4.69) is 24.9 Å². The number of hydrogen-bond acceptors (Lipinski definition) is 4. The van der Waals surface area contributed by atoms with Crippen LogP contribution in [-0.4, -0.2) is 17.6 Å². The van der Waals surface area contributed by atoms with Crippen molar-refractivity contribution >= 4 is 5.97 Å². The van der Waals surface area contributed by atoms with Crippen molar-refractivity contribution in [3.8, 4) is 17.0 Å². The van der Waals surface area contributed by atoms with Crippen LogP contribution in [0.5, 0.6) is 5.75 Å². The van der Waals surface area contributed by atoms with Gasteiger partial charge < -0.3 is 9.47 Å². The summed E-state index contributed by atoms with van der Waals surface area (Å²) in [6.45, 7) is 5.84. The predicted molar refractivity (Wildman–Crippen MR) is 152 cm³/mol. The zero-order chi connectivity index (χ0) is 26.1. The number of benzene rings is 2. The fraction of sp³-hybridized carbons (Fsp3) is 0.455. The lowest BCUT2D eigenvalue weighted by atomic mass is 10.1. The van der Waals surface area contributed by atoms with Gasteiger partial charge in [-0.25, -0.2) is 4.79 Å². The van der Waals surface area contributed by atoms with Crippen molar-refractivity contribution in [2.75, 3.05) is 6.61 Å². The lowest BCUT2D eigenvalue weighted by molar-refractivity contribution is 0.0734. The van der Waals surface area contributed by atoms with Gasteiger partial charge in [0.2, 0.25) is 0 Å². The standard InChI is InChI=1S/C33H43NO3/c1-3-5-7-8-9-10-11-12-24-36-26-28-16-23-32(34-25-28)29-19-21-31(22-20-29)37-33(35)30-17-14-27(15-18-30)13-6-4-2/h14-23,25H,3-13,24,26H2,1-2H3. The molecule has 1 aromatic heterocycles. The molecule has 3 aromatic rings. The van der Waals surface area contributed by atoms with Gasteiger partial charge >= 0.3 is 5.97 Å². The Morgan fingerprint density at radius 3 is 2.00 bits per heavy atom. The molecule has 198 valence electrons. The van der Waals surface area contributed by atoms with Crippen molar-refractivity contribution in [3.05, 3.63) is 83.6 Å². The second-order valence-corrected chi connectivity index (χ2v) is 9.79. The van der Waals surface area contributed by atoms with Crippen LogP contribution >= 0.6 is 0 Å². The van der Waals surface area contributed by atoms with Crippen molar-refractivity contribution in [1.82, 2.24) is 4.98 Å². The zero-order valence-corrected chi connectivity index (χ0v) is 22.7. The number of aryl methyl sites for hydroxylation is 1. The molecule has 0 N–H and O–H groups in total. The number of carbonyl (C=O) groups is 1. The van der Waals surface area contributed by atoms with E-state index in [4.69, 9.17) is 9.47 Å². The molecule has 4 nitrogen and oxygen atoms in total. The normalized spacial score (nSPS) is 11.0. The molecule has 0 radical (unpaired) electrons. The molecular formula is C33H43NO3. The Balaban J connectivity index is 1.38. The van der Waals surface area contributed by atoms with Crippen LogP contribution < -0.4 is 4.74 Å². The van der Waals surface area contributed by atoms with Gasteiger partial charge in [0.25, 0.3) is 0 Å². The number of esters is 1. The molecule has 0 aliphatic carbocycles. The van der Waals surface area contributed by atoms with Gasteiger partial charge in [-0.05, 0) is 72.9 Å². The van der Waals surface area contributed by atoms with Crippen LogP contribution in [0.1, 0.15) is 99.5 Å².